The molecule has 0 aliphatic rings. The van der Waals surface area contributed by atoms with Crippen molar-refractivity contribution in [1.82, 2.24) is 4.98 Å². The van der Waals surface area contributed by atoms with Gasteiger partial charge in [0.15, 0.2) is 0 Å². The number of hydrogen-bond donors (Lipinski definition) is 1. The molecule has 1 rings (SSSR count). The summed E-state index contributed by atoms with van der Waals surface area (Å²) in [5, 5.41) is 0.683. The van der Waals surface area contributed by atoms with Crippen molar-refractivity contribution in [2.24, 2.45) is 0 Å². The van der Waals surface area contributed by atoms with Gasteiger partial charge in [-0.1, -0.05) is 6.07 Å². The number of aromatic nitrogens is 1. The van der Waals surface area contributed by atoms with Crippen molar-refractivity contribution in [3.05, 3.63) is 18.2 Å². The Morgan fingerprint density at radius 2 is 2.18 bits per heavy atom. The molecule has 0 radical (unpaired) electrons. The van der Waals surface area contributed by atoms with Crippen molar-refractivity contribution >= 4 is 12.6 Å². The second-order valence-corrected chi connectivity index (χ2v) is 2.96. The Labute approximate surface area is 72.0 Å². The summed E-state index contributed by atoms with van der Waals surface area (Å²) < 4.78 is 5.34. The molecule has 0 saturated heterocycles. The summed E-state index contributed by atoms with van der Waals surface area (Å²) in [6.07, 6.45) is 0.164. The highest BCUT2D eigenvalue weighted by Crippen LogP contribution is 2.11. The number of ether oxygens (including phenoxy) is 1. The Morgan fingerprint density at radius 1 is 1.45 bits per heavy atom. The molecule has 60 valence electrons. The molecule has 1 heterocycles. The van der Waals surface area contributed by atoms with E-state index in [2.05, 4.69) is 17.6 Å². The van der Waals surface area contributed by atoms with Crippen LogP contribution < -0.4 is 4.74 Å². The molecular formula is C8H11NOS. The van der Waals surface area contributed by atoms with Crippen LogP contribution in [-0.2, 0) is 0 Å². The summed E-state index contributed by atoms with van der Waals surface area (Å²) in [4.78, 5) is 4.06. The molecule has 0 spiro atoms. The van der Waals surface area contributed by atoms with Crippen molar-refractivity contribution in [1.29, 1.82) is 0 Å². The fourth-order valence-corrected chi connectivity index (χ4v) is 0.896. The Bertz CT molecular complexity index is 237. The molecule has 1 aromatic heterocycles. The van der Waals surface area contributed by atoms with Crippen LogP contribution in [0, 0.1) is 0 Å². The molecule has 0 aliphatic carbocycles. The Balaban J connectivity index is 2.71. The van der Waals surface area contributed by atoms with Gasteiger partial charge in [-0.25, -0.2) is 4.98 Å². The van der Waals surface area contributed by atoms with E-state index in [9.17, 15) is 0 Å². The molecule has 2 nitrogen and oxygen atoms in total. The normalized spacial score (nSPS) is 10.2. The number of thiol groups is 1. The van der Waals surface area contributed by atoms with Gasteiger partial charge in [0.05, 0.1) is 11.1 Å². The molecule has 11 heavy (non-hydrogen) atoms. The van der Waals surface area contributed by atoms with Gasteiger partial charge >= 0.3 is 0 Å². The third-order valence-corrected chi connectivity index (χ3v) is 1.31. The van der Waals surface area contributed by atoms with E-state index >= 15 is 0 Å². The van der Waals surface area contributed by atoms with E-state index in [0.717, 1.165) is 0 Å². The zero-order valence-corrected chi connectivity index (χ0v) is 7.51. The molecule has 0 aliphatic heterocycles. The number of pyridine rings is 1. The molecule has 0 atom stereocenters. The molecule has 0 saturated carbocycles. The van der Waals surface area contributed by atoms with E-state index in [1.54, 1.807) is 0 Å². The molecule has 0 fully saturated rings. The van der Waals surface area contributed by atoms with Gasteiger partial charge in [0.25, 0.3) is 0 Å². The lowest BCUT2D eigenvalue weighted by Crippen LogP contribution is -2.06. The van der Waals surface area contributed by atoms with Gasteiger partial charge in [0, 0.05) is 6.07 Å². The van der Waals surface area contributed by atoms with Crippen LogP contribution in [0.5, 0.6) is 5.88 Å². The highest BCUT2D eigenvalue weighted by molar-refractivity contribution is 7.80. The maximum absolute atomic E-state index is 5.34. The summed E-state index contributed by atoms with van der Waals surface area (Å²) in [6, 6.07) is 5.50. The highest BCUT2D eigenvalue weighted by atomic mass is 32.1. The zero-order chi connectivity index (χ0) is 8.27. The van der Waals surface area contributed by atoms with Crippen LogP contribution in [0.4, 0.5) is 0 Å². The predicted octanol–water partition coefficient (Wildman–Crippen LogP) is 2.16. The summed E-state index contributed by atoms with van der Waals surface area (Å²) in [7, 11) is 0. The van der Waals surface area contributed by atoms with Crippen LogP contribution in [0.3, 0.4) is 0 Å². The fourth-order valence-electron chi connectivity index (χ4n) is 0.711. The van der Waals surface area contributed by atoms with Crippen LogP contribution in [0.2, 0.25) is 0 Å². The van der Waals surface area contributed by atoms with Gasteiger partial charge in [-0.2, -0.15) is 0 Å². The zero-order valence-electron chi connectivity index (χ0n) is 6.61. The maximum atomic E-state index is 5.34. The average molecular weight is 169 g/mol. The van der Waals surface area contributed by atoms with Crippen LogP contribution in [0.1, 0.15) is 13.8 Å². The van der Waals surface area contributed by atoms with Gasteiger partial charge in [-0.3, -0.25) is 0 Å². The van der Waals surface area contributed by atoms with Gasteiger partial charge in [-0.05, 0) is 19.9 Å². The maximum Gasteiger partial charge on any atom is 0.214 e. The van der Waals surface area contributed by atoms with Gasteiger partial charge in [0.1, 0.15) is 0 Å². The summed E-state index contributed by atoms with van der Waals surface area (Å²) in [5.74, 6) is 0.632. The predicted molar refractivity (Wildman–Crippen MR) is 47.3 cm³/mol. The smallest absolute Gasteiger partial charge is 0.214 e. The average Bonchev–Trinajstić information content (AvgIpc) is 1.85. The van der Waals surface area contributed by atoms with E-state index < -0.39 is 0 Å². The van der Waals surface area contributed by atoms with Crippen LogP contribution in [0.15, 0.2) is 23.2 Å². The second-order valence-electron chi connectivity index (χ2n) is 2.50. The Morgan fingerprint density at radius 3 is 2.73 bits per heavy atom. The first kappa shape index (κ1) is 8.40. The number of nitrogens with zero attached hydrogens (tertiary/aromatic N) is 1. The minimum Gasteiger partial charge on any atom is -0.475 e. The lowest BCUT2D eigenvalue weighted by atomic mass is 10.4. The van der Waals surface area contributed by atoms with Gasteiger partial charge in [-0.15, -0.1) is 12.6 Å². The van der Waals surface area contributed by atoms with E-state index in [1.165, 1.54) is 0 Å². The molecule has 0 N–H and O–H groups in total. The molecule has 0 bridgehead atoms. The van der Waals surface area contributed by atoms with Gasteiger partial charge < -0.3 is 4.74 Å². The van der Waals surface area contributed by atoms with Crippen LogP contribution >= 0.6 is 12.6 Å². The van der Waals surface area contributed by atoms with Crippen molar-refractivity contribution in [3.8, 4) is 5.88 Å². The quantitative estimate of drug-likeness (QED) is 0.685. The fraction of sp³-hybridized carbons (Fsp3) is 0.375. The Hall–Kier alpha value is -0.700. The lowest BCUT2D eigenvalue weighted by Gasteiger charge is -2.07. The molecule has 1 aromatic rings. The molecule has 0 amide bonds. The first-order valence-electron chi connectivity index (χ1n) is 3.51. The van der Waals surface area contributed by atoms with Crippen LogP contribution in [-0.4, -0.2) is 11.1 Å². The monoisotopic (exact) mass is 169 g/mol. The van der Waals surface area contributed by atoms with E-state index in [-0.39, 0.29) is 6.10 Å². The number of rotatable bonds is 2. The minimum atomic E-state index is 0.164. The standard InChI is InChI=1S/C8H11NOS/c1-6(2)10-7-4-3-5-8(11)9-7/h3-6H,1-2H3,(H,9,11). The van der Waals surface area contributed by atoms with Crippen molar-refractivity contribution in [2.45, 2.75) is 25.0 Å². The van der Waals surface area contributed by atoms with E-state index in [4.69, 9.17) is 4.74 Å². The summed E-state index contributed by atoms with van der Waals surface area (Å²) >= 11 is 4.09. The molecular weight excluding hydrogens is 158 g/mol. The third-order valence-electron chi connectivity index (χ3n) is 1.07. The van der Waals surface area contributed by atoms with Crippen molar-refractivity contribution in [3.63, 3.8) is 0 Å². The summed E-state index contributed by atoms with van der Waals surface area (Å²) in [5.41, 5.74) is 0. The first-order chi connectivity index (χ1) is 5.18. The van der Waals surface area contributed by atoms with E-state index in [0.29, 0.717) is 10.9 Å². The van der Waals surface area contributed by atoms with E-state index in [1.807, 2.05) is 32.0 Å². The second kappa shape index (κ2) is 3.62. The van der Waals surface area contributed by atoms with Crippen molar-refractivity contribution in [2.75, 3.05) is 0 Å². The molecule has 0 unspecified atom stereocenters. The third kappa shape index (κ3) is 2.80. The Kier molecular flexibility index (Phi) is 2.76. The minimum absolute atomic E-state index is 0.164. The lowest BCUT2D eigenvalue weighted by molar-refractivity contribution is 0.231. The number of hydrogen-bond acceptors (Lipinski definition) is 3. The van der Waals surface area contributed by atoms with Gasteiger partial charge in [0.2, 0.25) is 5.88 Å². The van der Waals surface area contributed by atoms with Crippen molar-refractivity contribution < 1.29 is 4.74 Å². The largest absolute Gasteiger partial charge is 0.475 e. The topological polar surface area (TPSA) is 22.1 Å². The first-order valence-corrected chi connectivity index (χ1v) is 3.96. The SMILES string of the molecule is CC(C)Oc1cccc(S)n1. The highest BCUT2D eigenvalue weighted by Gasteiger charge is 1.97. The molecule has 3 heteroatoms. The molecule has 0 aromatic carbocycles. The van der Waals surface area contributed by atoms with Crippen LogP contribution in [0.25, 0.3) is 0 Å². The summed E-state index contributed by atoms with van der Waals surface area (Å²) in [6.45, 7) is 3.93.